The van der Waals surface area contributed by atoms with Gasteiger partial charge in [-0.05, 0) is 30.7 Å². The number of carbonyl (C=O) groups is 1. The number of carbonyl (C=O) groups excluding carboxylic acids is 1. The van der Waals surface area contributed by atoms with Crippen molar-refractivity contribution in [2.45, 2.75) is 13.1 Å². The Hall–Kier alpha value is -3.86. The molecule has 0 atom stereocenters. The molecule has 33 heavy (non-hydrogen) atoms. The van der Waals surface area contributed by atoms with Gasteiger partial charge < -0.3 is 0 Å². The summed E-state index contributed by atoms with van der Waals surface area (Å²) in [6.45, 7) is 1.62. The van der Waals surface area contributed by atoms with Gasteiger partial charge in [-0.15, -0.1) is 11.3 Å². The predicted octanol–water partition coefficient (Wildman–Crippen LogP) is 5.31. The molecule has 0 aliphatic heterocycles. The van der Waals surface area contributed by atoms with Crippen LogP contribution in [0.25, 0.3) is 16.4 Å². The van der Waals surface area contributed by atoms with Crippen molar-refractivity contribution in [3.63, 3.8) is 0 Å². The van der Waals surface area contributed by atoms with Crippen LogP contribution in [0.15, 0.2) is 71.1 Å². The van der Waals surface area contributed by atoms with E-state index in [9.17, 15) is 22.4 Å². The number of nitrogens with one attached hydrogen (secondary N) is 1. The summed E-state index contributed by atoms with van der Waals surface area (Å²) < 4.78 is 54.6. The van der Waals surface area contributed by atoms with E-state index in [1.807, 2.05) is 0 Å². The first-order chi connectivity index (χ1) is 15.7. The SMILES string of the molecule is C/C(=N/NC(=O)c1csc(-n2nc(-c3ccccc3)cc2C(F)(F)F)n1)c1ccc(F)cc1. The van der Waals surface area contributed by atoms with E-state index in [1.165, 1.54) is 29.6 Å². The fourth-order valence-corrected chi connectivity index (χ4v) is 3.66. The van der Waals surface area contributed by atoms with Gasteiger partial charge in [-0.1, -0.05) is 42.5 Å². The van der Waals surface area contributed by atoms with Crippen LogP contribution in [0.4, 0.5) is 17.6 Å². The lowest BCUT2D eigenvalue weighted by molar-refractivity contribution is -0.142. The van der Waals surface area contributed by atoms with E-state index in [0.29, 0.717) is 21.5 Å². The summed E-state index contributed by atoms with van der Waals surface area (Å²) in [4.78, 5) is 16.4. The van der Waals surface area contributed by atoms with Gasteiger partial charge in [0.05, 0.1) is 11.4 Å². The maximum absolute atomic E-state index is 13.6. The molecule has 0 bridgehead atoms. The first kappa shape index (κ1) is 22.3. The fourth-order valence-electron chi connectivity index (χ4n) is 2.89. The molecular weight excluding hydrogens is 458 g/mol. The first-order valence-corrected chi connectivity index (χ1v) is 10.4. The largest absolute Gasteiger partial charge is 0.433 e. The molecule has 1 amide bonds. The van der Waals surface area contributed by atoms with Crippen molar-refractivity contribution < 1.29 is 22.4 Å². The molecule has 2 aromatic carbocycles. The molecule has 2 heterocycles. The number of alkyl halides is 3. The Labute approximate surface area is 189 Å². The van der Waals surface area contributed by atoms with Crippen molar-refractivity contribution >= 4 is 23.0 Å². The molecule has 4 aromatic rings. The van der Waals surface area contributed by atoms with Gasteiger partial charge in [0.2, 0.25) is 5.13 Å². The highest BCUT2D eigenvalue weighted by molar-refractivity contribution is 7.12. The minimum absolute atomic E-state index is 0.115. The average molecular weight is 473 g/mol. The second kappa shape index (κ2) is 8.94. The lowest BCUT2D eigenvalue weighted by Gasteiger charge is -2.07. The number of hydrogen-bond donors (Lipinski definition) is 1. The van der Waals surface area contributed by atoms with Crippen molar-refractivity contribution in [3.05, 3.63) is 88.8 Å². The standard InChI is InChI=1S/C22H15F4N5OS/c1-13(14-7-9-16(23)10-8-14)28-29-20(32)18-12-33-21(27-18)31-19(22(24,25)26)11-17(30-31)15-5-3-2-4-6-15/h2-12H,1H3,(H,29,32)/b28-13-. The Morgan fingerprint density at radius 3 is 2.45 bits per heavy atom. The molecule has 1 N–H and O–H groups in total. The number of aromatic nitrogens is 3. The Morgan fingerprint density at radius 1 is 1.09 bits per heavy atom. The summed E-state index contributed by atoms with van der Waals surface area (Å²) >= 11 is 0.840. The molecule has 168 valence electrons. The fraction of sp³-hybridized carbons (Fsp3) is 0.0909. The van der Waals surface area contributed by atoms with Crippen LogP contribution in [-0.4, -0.2) is 26.4 Å². The highest BCUT2D eigenvalue weighted by atomic mass is 32.1. The highest BCUT2D eigenvalue weighted by Crippen LogP contribution is 2.34. The van der Waals surface area contributed by atoms with Crippen LogP contribution < -0.4 is 5.43 Å². The van der Waals surface area contributed by atoms with E-state index in [0.717, 1.165) is 17.4 Å². The summed E-state index contributed by atoms with van der Waals surface area (Å²) in [7, 11) is 0. The van der Waals surface area contributed by atoms with Crippen LogP contribution in [0.2, 0.25) is 0 Å². The normalized spacial score (nSPS) is 12.1. The van der Waals surface area contributed by atoms with Crippen molar-refractivity contribution in [1.29, 1.82) is 0 Å². The van der Waals surface area contributed by atoms with Crippen molar-refractivity contribution in [1.82, 2.24) is 20.2 Å². The minimum atomic E-state index is -4.68. The number of hydrogen-bond acceptors (Lipinski definition) is 5. The van der Waals surface area contributed by atoms with Gasteiger partial charge in [0.1, 0.15) is 11.5 Å². The molecule has 0 saturated heterocycles. The van der Waals surface area contributed by atoms with Crippen LogP contribution in [0, 0.1) is 5.82 Å². The van der Waals surface area contributed by atoms with Gasteiger partial charge >= 0.3 is 6.18 Å². The molecule has 2 aromatic heterocycles. The van der Waals surface area contributed by atoms with Crippen LogP contribution in [-0.2, 0) is 6.18 Å². The molecule has 4 rings (SSSR count). The Bertz CT molecular complexity index is 1310. The summed E-state index contributed by atoms with van der Waals surface area (Å²) in [6, 6.07) is 14.9. The predicted molar refractivity (Wildman–Crippen MR) is 116 cm³/mol. The first-order valence-electron chi connectivity index (χ1n) is 9.51. The second-order valence-electron chi connectivity index (χ2n) is 6.85. The number of benzene rings is 2. The molecule has 0 unspecified atom stereocenters. The van der Waals surface area contributed by atoms with Crippen molar-refractivity contribution in [2.75, 3.05) is 0 Å². The number of amides is 1. The molecule has 0 saturated carbocycles. The Kier molecular flexibility index (Phi) is 6.05. The second-order valence-corrected chi connectivity index (χ2v) is 7.69. The van der Waals surface area contributed by atoms with Crippen LogP contribution in [0.5, 0.6) is 0 Å². The zero-order valence-electron chi connectivity index (χ0n) is 17.0. The zero-order valence-corrected chi connectivity index (χ0v) is 17.8. The minimum Gasteiger partial charge on any atom is -0.266 e. The monoisotopic (exact) mass is 473 g/mol. The summed E-state index contributed by atoms with van der Waals surface area (Å²) in [5, 5.41) is 9.21. The van der Waals surface area contributed by atoms with E-state index >= 15 is 0 Å². The molecule has 11 heteroatoms. The van der Waals surface area contributed by atoms with Crippen LogP contribution in [0.1, 0.15) is 28.7 Å². The van der Waals surface area contributed by atoms with E-state index in [1.54, 1.807) is 37.3 Å². The third-order valence-electron chi connectivity index (χ3n) is 4.56. The highest BCUT2D eigenvalue weighted by Gasteiger charge is 2.37. The van der Waals surface area contributed by atoms with Gasteiger partial charge in [-0.2, -0.15) is 23.4 Å². The van der Waals surface area contributed by atoms with Gasteiger partial charge in [-0.25, -0.2) is 19.5 Å². The smallest absolute Gasteiger partial charge is 0.266 e. The van der Waals surface area contributed by atoms with E-state index in [2.05, 4.69) is 20.6 Å². The molecular formula is C22H15F4N5OS. The quantitative estimate of drug-likeness (QED) is 0.243. The molecule has 0 radical (unpaired) electrons. The lowest BCUT2D eigenvalue weighted by atomic mass is 10.1. The van der Waals surface area contributed by atoms with E-state index < -0.39 is 23.6 Å². The molecule has 6 nitrogen and oxygen atoms in total. The molecule has 0 aliphatic carbocycles. The maximum Gasteiger partial charge on any atom is 0.433 e. The van der Waals surface area contributed by atoms with Crippen molar-refractivity contribution in [3.8, 4) is 16.4 Å². The number of halogens is 4. The van der Waals surface area contributed by atoms with Crippen LogP contribution in [0.3, 0.4) is 0 Å². The number of rotatable bonds is 5. The third-order valence-corrected chi connectivity index (χ3v) is 5.38. The molecule has 0 fully saturated rings. The summed E-state index contributed by atoms with van der Waals surface area (Å²) in [5.74, 6) is -1.11. The number of hydrazone groups is 1. The topological polar surface area (TPSA) is 72.2 Å². The van der Waals surface area contributed by atoms with E-state index in [-0.39, 0.29) is 16.5 Å². The number of nitrogens with zero attached hydrogens (tertiary/aromatic N) is 4. The number of thiazole rings is 1. The molecule has 0 spiro atoms. The third kappa shape index (κ3) is 4.98. The van der Waals surface area contributed by atoms with Gasteiger partial charge in [0, 0.05) is 10.9 Å². The molecule has 0 aliphatic rings. The Balaban J connectivity index is 1.59. The summed E-state index contributed by atoms with van der Waals surface area (Å²) in [5.41, 5.74) is 2.83. The average Bonchev–Trinajstić information content (AvgIpc) is 3.46. The van der Waals surface area contributed by atoms with Gasteiger partial charge in [-0.3, -0.25) is 4.79 Å². The van der Waals surface area contributed by atoms with E-state index in [4.69, 9.17) is 0 Å². The van der Waals surface area contributed by atoms with Gasteiger partial charge in [0.15, 0.2) is 5.69 Å². The van der Waals surface area contributed by atoms with Crippen molar-refractivity contribution in [2.24, 2.45) is 5.10 Å². The lowest BCUT2D eigenvalue weighted by Crippen LogP contribution is -2.20. The van der Waals surface area contributed by atoms with Gasteiger partial charge in [0.25, 0.3) is 5.91 Å². The maximum atomic E-state index is 13.6. The zero-order chi connectivity index (χ0) is 23.6. The van der Waals surface area contributed by atoms with Crippen LogP contribution >= 0.6 is 11.3 Å². The Morgan fingerprint density at radius 2 is 1.79 bits per heavy atom. The summed E-state index contributed by atoms with van der Waals surface area (Å²) in [6.07, 6.45) is -4.68.